The fourth-order valence-corrected chi connectivity index (χ4v) is 5.72. The SMILES string of the molecule is CCn1cc([C@@H]2CN(S(=O)(=O)c3cc(C)sc3C)CCO2)cn1. The Morgan fingerprint density at radius 3 is 2.83 bits per heavy atom. The molecule has 126 valence electrons. The summed E-state index contributed by atoms with van der Waals surface area (Å²) in [5.41, 5.74) is 0.921. The van der Waals surface area contributed by atoms with Gasteiger partial charge in [-0.15, -0.1) is 11.3 Å². The molecular formula is C15H21N3O3S2. The number of ether oxygens (including phenoxy) is 1. The van der Waals surface area contributed by atoms with Gasteiger partial charge in [0, 0.05) is 41.1 Å². The van der Waals surface area contributed by atoms with E-state index in [2.05, 4.69) is 5.10 Å². The molecule has 0 amide bonds. The van der Waals surface area contributed by atoms with E-state index in [1.165, 1.54) is 15.6 Å². The van der Waals surface area contributed by atoms with Gasteiger partial charge in [0.1, 0.15) is 0 Å². The van der Waals surface area contributed by atoms with Crippen molar-refractivity contribution in [3.8, 4) is 0 Å². The van der Waals surface area contributed by atoms with E-state index in [9.17, 15) is 8.42 Å². The summed E-state index contributed by atoms with van der Waals surface area (Å²) in [7, 11) is -3.48. The molecule has 0 bridgehead atoms. The maximum Gasteiger partial charge on any atom is 0.244 e. The van der Waals surface area contributed by atoms with E-state index in [-0.39, 0.29) is 6.10 Å². The third-order valence-corrected chi connectivity index (χ3v) is 7.08. The van der Waals surface area contributed by atoms with Crippen LogP contribution < -0.4 is 0 Å². The maximum atomic E-state index is 12.9. The van der Waals surface area contributed by atoms with Crippen molar-refractivity contribution in [2.24, 2.45) is 0 Å². The Labute approximate surface area is 140 Å². The minimum Gasteiger partial charge on any atom is -0.371 e. The molecule has 0 aromatic carbocycles. The Balaban J connectivity index is 1.84. The lowest BCUT2D eigenvalue weighted by molar-refractivity contribution is -0.00260. The number of hydrogen-bond acceptors (Lipinski definition) is 5. The standard InChI is InChI=1S/C15H21N3O3S2/c1-4-17-9-13(8-16-17)14-10-18(5-6-21-14)23(19,20)15-7-11(2)22-12(15)3/h7-9,14H,4-6,10H2,1-3H3/t14-/m0/s1. The highest BCUT2D eigenvalue weighted by atomic mass is 32.2. The minimum atomic E-state index is -3.48. The average molecular weight is 355 g/mol. The van der Waals surface area contributed by atoms with Crippen LogP contribution in [0.5, 0.6) is 0 Å². The number of thiophene rings is 1. The zero-order chi connectivity index (χ0) is 16.6. The molecule has 0 radical (unpaired) electrons. The van der Waals surface area contributed by atoms with Crippen molar-refractivity contribution >= 4 is 21.4 Å². The summed E-state index contributed by atoms with van der Waals surface area (Å²) in [6.07, 6.45) is 3.41. The predicted octanol–water partition coefficient (Wildman–Crippen LogP) is 2.34. The average Bonchev–Trinajstić information content (AvgIpc) is 3.14. The van der Waals surface area contributed by atoms with Gasteiger partial charge in [-0.2, -0.15) is 9.40 Å². The van der Waals surface area contributed by atoms with Crippen molar-refractivity contribution in [2.45, 2.75) is 38.3 Å². The van der Waals surface area contributed by atoms with E-state index in [0.717, 1.165) is 21.9 Å². The van der Waals surface area contributed by atoms with Gasteiger partial charge < -0.3 is 4.74 Å². The number of nitrogens with zero attached hydrogens (tertiary/aromatic N) is 3. The molecule has 23 heavy (non-hydrogen) atoms. The third kappa shape index (κ3) is 3.21. The Morgan fingerprint density at radius 1 is 1.43 bits per heavy atom. The molecule has 0 spiro atoms. The molecule has 1 atom stereocenters. The maximum absolute atomic E-state index is 12.9. The molecule has 6 nitrogen and oxygen atoms in total. The zero-order valence-corrected chi connectivity index (χ0v) is 15.2. The summed E-state index contributed by atoms with van der Waals surface area (Å²) in [4.78, 5) is 2.27. The summed E-state index contributed by atoms with van der Waals surface area (Å²) in [6.45, 7) is 7.68. The Hall–Kier alpha value is -1.22. The second kappa shape index (κ2) is 6.35. The zero-order valence-electron chi connectivity index (χ0n) is 13.5. The largest absolute Gasteiger partial charge is 0.371 e. The summed E-state index contributed by atoms with van der Waals surface area (Å²) < 4.78 is 34.9. The number of aryl methyl sites for hydroxylation is 3. The van der Waals surface area contributed by atoms with Gasteiger partial charge in [-0.1, -0.05) is 0 Å². The van der Waals surface area contributed by atoms with Crippen LogP contribution in [0.3, 0.4) is 0 Å². The molecule has 0 N–H and O–H groups in total. The van der Waals surface area contributed by atoms with Crippen LogP contribution in [0.25, 0.3) is 0 Å². The highest BCUT2D eigenvalue weighted by molar-refractivity contribution is 7.89. The molecule has 3 rings (SSSR count). The first-order valence-electron chi connectivity index (χ1n) is 7.63. The van der Waals surface area contributed by atoms with E-state index in [4.69, 9.17) is 4.74 Å². The van der Waals surface area contributed by atoms with E-state index < -0.39 is 10.0 Å². The Kier molecular flexibility index (Phi) is 4.59. The lowest BCUT2D eigenvalue weighted by Gasteiger charge is -2.31. The summed E-state index contributed by atoms with van der Waals surface area (Å²) in [6, 6.07) is 1.76. The molecule has 0 saturated carbocycles. The van der Waals surface area contributed by atoms with E-state index in [1.54, 1.807) is 12.3 Å². The fraction of sp³-hybridized carbons (Fsp3) is 0.533. The first-order valence-corrected chi connectivity index (χ1v) is 9.88. The fourth-order valence-electron chi connectivity index (χ4n) is 2.77. The van der Waals surface area contributed by atoms with Crippen LogP contribution in [-0.4, -0.2) is 42.2 Å². The third-order valence-electron chi connectivity index (χ3n) is 3.99. The molecule has 0 unspecified atom stereocenters. The Bertz CT molecular complexity index is 795. The predicted molar refractivity (Wildman–Crippen MR) is 89.1 cm³/mol. The van der Waals surface area contributed by atoms with Crippen LogP contribution in [0.15, 0.2) is 23.4 Å². The van der Waals surface area contributed by atoms with Crippen LogP contribution in [0.1, 0.15) is 28.3 Å². The van der Waals surface area contributed by atoms with Crippen LogP contribution in [0, 0.1) is 13.8 Å². The summed E-state index contributed by atoms with van der Waals surface area (Å²) >= 11 is 1.51. The highest BCUT2D eigenvalue weighted by Gasteiger charge is 2.33. The quantitative estimate of drug-likeness (QED) is 0.844. The van der Waals surface area contributed by atoms with E-state index in [0.29, 0.717) is 24.6 Å². The van der Waals surface area contributed by atoms with E-state index in [1.807, 2.05) is 31.6 Å². The first-order chi connectivity index (χ1) is 10.9. The van der Waals surface area contributed by atoms with Crippen molar-refractivity contribution in [1.82, 2.24) is 14.1 Å². The molecule has 1 fully saturated rings. The molecule has 1 aliphatic rings. The van der Waals surface area contributed by atoms with Gasteiger partial charge in [-0.3, -0.25) is 4.68 Å². The smallest absolute Gasteiger partial charge is 0.244 e. The van der Waals surface area contributed by atoms with Gasteiger partial charge in [0.25, 0.3) is 0 Å². The topological polar surface area (TPSA) is 64.4 Å². The van der Waals surface area contributed by atoms with Crippen molar-refractivity contribution in [3.05, 3.63) is 33.8 Å². The molecular weight excluding hydrogens is 334 g/mol. The van der Waals surface area contributed by atoms with E-state index >= 15 is 0 Å². The number of rotatable bonds is 4. The molecule has 8 heteroatoms. The van der Waals surface area contributed by atoms with Gasteiger partial charge in [0.05, 0.1) is 23.8 Å². The van der Waals surface area contributed by atoms with Gasteiger partial charge in [-0.25, -0.2) is 8.42 Å². The number of sulfonamides is 1. The minimum absolute atomic E-state index is 0.265. The van der Waals surface area contributed by atoms with Gasteiger partial charge in [-0.05, 0) is 26.8 Å². The molecule has 1 aliphatic heterocycles. The van der Waals surface area contributed by atoms with Crippen LogP contribution in [-0.2, 0) is 21.3 Å². The lowest BCUT2D eigenvalue weighted by Crippen LogP contribution is -2.42. The molecule has 2 aromatic rings. The molecule has 3 heterocycles. The number of morpholine rings is 1. The highest BCUT2D eigenvalue weighted by Crippen LogP contribution is 2.31. The van der Waals surface area contributed by atoms with Crippen LogP contribution >= 0.6 is 11.3 Å². The first kappa shape index (κ1) is 16.6. The second-order valence-electron chi connectivity index (χ2n) is 5.63. The van der Waals surface area contributed by atoms with Gasteiger partial charge in [0.2, 0.25) is 10.0 Å². The van der Waals surface area contributed by atoms with Crippen molar-refractivity contribution in [2.75, 3.05) is 19.7 Å². The van der Waals surface area contributed by atoms with Crippen LogP contribution in [0.4, 0.5) is 0 Å². The second-order valence-corrected chi connectivity index (χ2v) is 9.00. The van der Waals surface area contributed by atoms with Gasteiger partial charge in [0.15, 0.2) is 0 Å². The van der Waals surface area contributed by atoms with Gasteiger partial charge >= 0.3 is 0 Å². The molecule has 1 saturated heterocycles. The lowest BCUT2D eigenvalue weighted by atomic mass is 10.2. The summed E-state index contributed by atoms with van der Waals surface area (Å²) in [5.74, 6) is 0. The van der Waals surface area contributed by atoms with Crippen molar-refractivity contribution < 1.29 is 13.2 Å². The monoisotopic (exact) mass is 355 g/mol. The summed E-state index contributed by atoms with van der Waals surface area (Å²) in [5, 5.41) is 4.24. The number of hydrogen-bond donors (Lipinski definition) is 0. The van der Waals surface area contributed by atoms with Crippen molar-refractivity contribution in [1.29, 1.82) is 0 Å². The van der Waals surface area contributed by atoms with Crippen LogP contribution in [0.2, 0.25) is 0 Å². The molecule has 0 aliphatic carbocycles. The Morgan fingerprint density at radius 2 is 2.22 bits per heavy atom. The number of aromatic nitrogens is 2. The van der Waals surface area contributed by atoms with Crippen molar-refractivity contribution in [3.63, 3.8) is 0 Å². The normalized spacial score (nSPS) is 20.0. The molecule has 2 aromatic heterocycles.